The molecule has 4 heteroatoms. The fourth-order valence-corrected chi connectivity index (χ4v) is 2.72. The van der Waals surface area contributed by atoms with Crippen molar-refractivity contribution in [2.45, 2.75) is 19.9 Å². The second-order valence-electron chi connectivity index (χ2n) is 5.47. The second-order valence-corrected chi connectivity index (χ2v) is 5.47. The summed E-state index contributed by atoms with van der Waals surface area (Å²) in [5.74, 6) is 0. The van der Waals surface area contributed by atoms with Crippen molar-refractivity contribution in [2.75, 3.05) is 0 Å². The molecule has 0 unspecified atom stereocenters. The van der Waals surface area contributed by atoms with E-state index in [-0.39, 0.29) is 11.1 Å². The molecule has 24 heavy (non-hydrogen) atoms. The van der Waals surface area contributed by atoms with Crippen LogP contribution in [0.1, 0.15) is 18.9 Å². The maximum atomic E-state index is 12.6. The minimum Gasteiger partial charge on any atom is -0.266 e. The first-order valence-electron chi connectivity index (χ1n) is 7.92. The van der Waals surface area contributed by atoms with Gasteiger partial charge in [-0.05, 0) is 12.0 Å². The Labute approximate surface area is 140 Å². The van der Waals surface area contributed by atoms with E-state index in [1.54, 1.807) is 0 Å². The Kier molecular flexibility index (Phi) is 4.53. The molecule has 0 fully saturated rings. The first-order chi connectivity index (χ1) is 11.8. The number of aryl methyl sites for hydroxylation is 1. The van der Waals surface area contributed by atoms with Crippen LogP contribution in [0.4, 0.5) is 0 Å². The predicted molar refractivity (Wildman–Crippen MR) is 94.4 cm³/mol. The van der Waals surface area contributed by atoms with Gasteiger partial charge in [-0.25, -0.2) is 4.68 Å². The van der Waals surface area contributed by atoms with Gasteiger partial charge in [-0.15, -0.1) is 0 Å². The summed E-state index contributed by atoms with van der Waals surface area (Å²) in [5.41, 5.74) is 2.77. The summed E-state index contributed by atoms with van der Waals surface area (Å²) in [6.07, 6.45) is 0.774. The SMILES string of the molecule is CCCn1nc(-c2ccccc2)c(-c2ccccc2)c(C#N)c1=O. The molecule has 0 N–H and O–H groups in total. The average molecular weight is 315 g/mol. The lowest BCUT2D eigenvalue weighted by Crippen LogP contribution is -2.27. The summed E-state index contributed by atoms with van der Waals surface area (Å²) >= 11 is 0. The number of nitriles is 1. The number of nitrogens with zero attached hydrogens (tertiary/aromatic N) is 3. The Bertz CT molecular complexity index is 938. The van der Waals surface area contributed by atoms with E-state index in [2.05, 4.69) is 11.2 Å². The molecule has 3 rings (SSSR count). The number of hydrogen-bond donors (Lipinski definition) is 0. The van der Waals surface area contributed by atoms with Crippen LogP contribution in [-0.2, 0) is 6.54 Å². The van der Waals surface area contributed by atoms with Gasteiger partial charge < -0.3 is 0 Å². The third-order valence-electron chi connectivity index (χ3n) is 3.81. The van der Waals surface area contributed by atoms with E-state index in [1.165, 1.54) is 4.68 Å². The fourth-order valence-electron chi connectivity index (χ4n) is 2.72. The van der Waals surface area contributed by atoms with Crippen LogP contribution >= 0.6 is 0 Å². The van der Waals surface area contributed by atoms with Crippen molar-refractivity contribution in [3.05, 3.63) is 76.6 Å². The van der Waals surface area contributed by atoms with Gasteiger partial charge in [-0.3, -0.25) is 4.79 Å². The Morgan fingerprint density at radius 1 is 1.00 bits per heavy atom. The van der Waals surface area contributed by atoms with Gasteiger partial charge in [0.1, 0.15) is 17.3 Å². The maximum absolute atomic E-state index is 12.6. The molecule has 118 valence electrons. The van der Waals surface area contributed by atoms with Crippen molar-refractivity contribution in [3.8, 4) is 28.5 Å². The van der Waals surface area contributed by atoms with Crippen LogP contribution in [0.5, 0.6) is 0 Å². The van der Waals surface area contributed by atoms with Crippen LogP contribution in [0, 0.1) is 11.3 Å². The molecule has 0 aliphatic carbocycles. The van der Waals surface area contributed by atoms with Crippen molar-refractivity contribution in [3.63, 3.8) is 0 Å². The number of benzene rings is 2. The van der Waals surface area contributed by atoms with Crippen LogP contribution in [0.3, 0.4) is 0 Å². The molecular formula is C20H17N3O. The minimum atomic E-state index is -0.335. The van der Waals surface area contributed by atoms with Crippen molar-refractivity contribution in [1.82, 2.24) is 9.78 Å². The average Bonchev–Trinajstić information content (AvgIpc) is 2.64. The molecular weight excluding hydrogens is 298 g/mol. The van der Waals surface area contributed by atoms with Crippen LogP contribution < -0.4 is 5.56 Å². The van der Waals surface area contributed by atoms with Crippen molar-refractivity contribution >= 4 is 0 Å². The predicted octanol–water partition coefficient (Wildman–Crippen LogP) is 3.86. The lowest BCUT2D eigenvalue weighted by atomic mass is 9.96. The summed E-state index contributed by atoms with van der Waals surface area (Å²) < 4.78 is 1.40. The van der Waals surface area contributed by atoms with Crippen molar-refractivity contribution < 1.29 is 0 Å². The molecule has 0 saturated carbocycles. The van der Waals surface area contributed by atoms with Crippen molar-refractivity contribution in [2.24, 2.45) is 0 Å². The van der Waals surface area contributed by atoms with Gasteiger partial charge in [-0.2, -0.15) is 10.4 Å². The van der Waals surface area contributed by atoms with Gasteiger partial charge in [-0.1, -0.05) is 67.6 Å². The molecule has 0 atom stereocenters. The van der Waals surface area contributed by atoms with Crippen LogP contribution in [0.25, 0.3) is 22.4 Å². The summed E-state index contributed by atoms with van der Waals surface area (Å²) in [4.78, 5) is 12.6. The molecule has 0 amide bonds. The first kappa shape index (κ1) is 15.7. The second kappa shape index (κ2) is 6.93. The number of aromatic nitrogens is 2. The highest BCUT2D eigenvalue weighted by Gasteiger charge is 2.19. The lowest BCUT2D eigenvalue weighted by molar-refractivity contribution is 0.570. The highest BCUT2D eigenvalue weighted by Crippen LogP contribution is 2.31. The molecule has 1 aromatic heterocycles. The molecule has 0 aliphatic heterocycles. The Morgan fingerprint density at radius 2 is 1.58 bits per heavy atom. The molecule has 0 bridgehead atoms. The standard InChI is InChI=1S/C20H17N3O/c1-2-13-23-20(24)17(14-21)18(15-9-5-3-6-10-15)19(22-23)16-11-7-4-8-12-16/h3-12H,2,13H2,1H3. The van der Waals surface area contributed by atoms with E-state index in [0.29, 0.717) is 17.8 Å². The topological polar surface area (TPSA) is 58.7 Å². The Hall–Kier alpha value is -3.19. The normalized spacial score (nSPS) is 10.3. The quantitative estimate of drug-likeness (QED) is 0.734. The minimum absolute atomic E-state index is 0.142. The van der Waals surface area contributed by atoms with Crippen LogP contribution in [-0.4, -0.2) is 9.78 Å². The molecule has 0 saturated heterocycles. The summed E-state index contributed by atoms with van der Waals surface area (Å²) in [7, 11) is 0. The zero-order valence-electron chi connectivity index (χ0n) is 13.4. The van der Waals surface area contributed by atoms with Crippen molar-refractivity contribution in [1.29, 1.82) is 5.26 Å². The third-order valence-corrected chi connectivity index (χ3v) is 3.81. The highest BCUT2D eigenvalue weighted by atomic mass is 16.1. The van der Waals surface area contributed by atoms with E-state index < -0.39 is 0 Å². The highest BCUT2D eigenvalue weighted by molar-refractivity contribution is 5.84. The monoisotopic (exact) mass is 315 g/mol. The number of rotatable bonds is 4. The molecule has 2 aromatic carbocycles. The molecule has 4 nitrogen and oxygen atoms in total. The third kappa shape index (κ3) is 2.84. The van der Waals surface area contributed by atoms with E-state index in [4.69, 9.17) is 0 Å². The van der Waals surface area contributed by atoms with Gasteiger partial charge in [0.2, 0.25) is 0 Å². The summed E-state index contributed by atoms with van der Waals surface area (Å²) in [6, 6.07) is 21.2. The van der Waals surface area contributed by atoms with Crippen LogP contribution in [0.2, 0.25) is 0 Å². The van der Waals surface area contributed by atoms with E-state index >= 15 is 0 Å². The molecule has 0 aliphatic rings. The molecule has 0 spiro atoms. The van der Waals surface area contributed by atoms with Gasteiger partial charge in [0.25, 0.3) is 5.56 Å². The van der Waals surface area contributed by atoms with Crippen LogP contribution in [0.15, 0.2) is 65.5 Å². The van der Waals surface area contributed by atoms with Gasteiger partial charge in [0.15, 0.2) is 0 Å². The van der Waals surface area contributed by atoms with Gasteiger partial charge in [0, 0.05) is 17.7 Å². The zero-order chi connectivity index (χ0) is 16.9. The Balaban J connectivity index is 2.39. The summed E-state index contributed by atoms with van der Waals surface area (Å²) in [6.45, 7) is 2.47. The largest absolute Gasteiger partial charge is 0.285 e. The fraction of sp³-hybridized carbons (Fsp3) is 0.150. The maximum Gasteiger partial charge on any atom is 0.285 e. The zero-order valence-corrected chi connectivity index (χ0v) is 13.4. The Morgan fingerprint density at radius 3 is 2.12 bits per heavy atom. The van der Waals surface area contributed by atoms with E-state index in [0.717, 1.165) is 17.5 Å². The van der Waals surface area contributed by atoms with Gasteiger partial charge >= 0.3 is 0 Å². The van der Waals surface area contributed by atoms with E-state index in [9.17, 15) is 10.1 Å². The summed E-state index contributed by atoms with van der Waals surface area (Å²) in [5, 5.41) is 14.2. The molecule has 1 heterocycles. The van der Waals surface area contributed by atoms with Gasteiger partial charge in [0.05, 0.1) is 0 Å². The first-order valence-corrected chi connectivity index (χ1v) is 7.92. The molecule has 0 radical (unpaired) electrons. The smallest absolute Gasteiger partial charge is 0.266 e. The lowest BCUT2D eigenvalue weighted by Gasteiger charge is -2.14. The molecule has 3 aromatic rings. The van der Waals surface area contributed by atoms with E-state index in [1.807, 2.05) is 67.6 Å². The number of hydrogen-bond acceptors (Lipinski definition) is 3.